The second-order valence-corrected chi connectivity index (χ2v) is 9.90. The Kier molecular flexibility index (Phi) is 8.71. The number of hydrogen-bond acceptors (Lipinski definition) is 2. The van der Waals surface area contributed by atoms with Gasteiger partial charge in [0.05, 0.1) is 0 Å². The molecule has 25 heavy (non-hydrogen) atoms. The summed E-state index contributed by atoms with van der Waals surface area (Å²) in [5.41, 5.74) is -0.308. The standard InChI is InChI=1S/C23H42O2/c1-21(2)18-16-14-12-10-8-7-9-11-13-15-17-20(24)25-23(5,6)22(3,4)19-21/h14,16H,7-13,15,17-19H2,1-6H3. The zero-order valence-corrected chi connectivity index (χ0v) is 17.7. The minimum Gasteiger partial charge on any atom is -0.459 e. The van der Waals surface area contributed by atoms with Gasteiger partial charge in [0.1, 0.15) is 5.60 Å². The molecule has 0 radical (unpaired) electrons. The molecule has 0 N–H and O–H groups in total. The Hall–Kier alpha value is -0.790. The minimum absolute atomic E-state index is 0.0307. The molecular formula is C23H42O2. The summed E-state index contributed by atoms with van der Waals surface area (Å²) < 4.78 is 5.93. The lowest BCUT2D eigenvalue weighted by Gasteiger charge is -2.45. The van der Waals surface area contributed by atoms with Gasteiger partial charge in [-0.25, -0.2) is 0 Å². The summed E-state index contributed by atoms with van der Waals surface area (Å²) in [6.45, 7) is 13.3. The van der Waals surface area contributed by atoms with Crippen LogP contribution in [0, 0.1) is 10.8 Å². The van der Waals surface area contributed by atoms with Crippen molar-refractivity contribution in [1.29, 1.82) is 0 Å². The Morgan fingerprint density at radius 1 is 0.800 bits per heavy atom. The summed E-state index contributed by atoms with van der Waals surface area (Å²) in [6.07, 6.45) is 17.2. The van der Waals surface area contributed by atoms with E-state index in [-0.39, 0.29) is 16.8 Å². The maximum atomic E-state index is 12.3. The van der Waals surface area contributed by atoms with Crippen molar-refractivity contribution in [2.24, 2.45) is 10.8 Å². The van der Waals surface area contributed by atoms with E-state index in [1.165, 1.54) is 38.5 Å². The SMILES string of the molecule is CC1(C)CC=CCCCCCCCCCC(=O)OC(C)(C)C(C)(C)C1. The Bertz CT molecular complexity index is 429. The average Bonchev–Trinajstić information content (AvgIpc) is 2.45. The van der Waals surface area contributed by atoms with Gasteiger partial charge in [-0.15, -0.1) is 0 Å². The molecule has 1 aliphatic rings. The molecule has 1 heterocycles. The highest BCUT2D eigenvalue weighted by Gasteiger charge is 2.43. The van der Waals surface area contributed by atoms with E-state index in [4.69, 9.17) is 4.74 Å². The molecule has 1 aliphatic heterocycles. The third kappa shape index (κ3) is 8.42. The summed E-state index contributed by atoms with van der Waals surface area (Å²) in [7, 11) is 0. The zero-order valence-electron chi connectivity index (χ0n) is 17.7. The van der Waals surface area contributed by atoms with Crippen LogP contribution in [0.2, 0.25) is 0 Å². The third-order valence-electron chi connectivity index (χ3n) is 6.01. The summed E-state index contributed by atoms with van der Waals surface area (Å²) in [4.78, 5) is 12.3. The largest absolute Gasteiger partial charge is 0.459 e. The molecule has 0 aromatic rings. The van der Waals surface area contributed by atoms with E-state index in [1.54, 1.807) is 0 Å². The van der Waals surface area contributed by atoms with Gasteiger partial charge in [0, 0.05) is 11.8 Å². The quantitative estimate of drug-likeness (QED) is 0.340. The lowest BCUT2D eigenvalue weighted by atomic mass is 9.66. The zero-order chi connectivity index (χ0) is 19.0. The lowest BCUT2D eigenvalue weighted by molar-refractivity contribution is -0.171. The van der Waals surface area contributed by atoms with E-state index >= 15 is 0 Å². The summed E-state index contributed by atoms with van der Waals surface area (Å²) in [6, 6.07) is 0. The van der Waals surface area contributed by atoms with Crippen LogP contribution in [0.15, 0.2) is 12.2 Å². The fraction of sp³-hybridized carbons (Fsp3) is 0.870. The van der Waals surface area contributed by atoms with Crippen LogP contribution in [0.25, 0.3) is 0 Å². The van der Waals surface area contributed by atoms with E-state index in [1.807, 2.05) is 0 Å². The third-order valence-corrected chi connectivity index (χ3v) is 6.01. The number of carbonyl (C=O) groups is 1. The van der Waals surface area contributed by atoms with Crippen LogP contribution in [-0.2, 0) is 9.53 Å². The van der Waals surface area contributed by atoms with E-state index in [9.17, 15) is 4.79 Å². The number of allylic oxidation sites excluding steroid dienone is 2. The Morgan fingerprint density at radius 2 is 1.36 bits per heavy atom. The van der Waals surface area contributed by atoms with Crippen LogP contribution >= 0.6 is 0 Å². The van der Waals surface area contributed by atoms with E-state index < -0.39 is 5.60 Å². The summed E-state index contributed by atoms with van der Waals surface area (Å²) >= 11 is 0. The van der Waals surface area contributed by atoms with Crippen molar-refractivity contribution in [2.45, 2.75) is 118 Å². The van der Waals surface area contributed by atoms with Crippen molar-refractivity contribution < 1.29 is 9.53 Å². The van der Waals surface area contributed by atoms with Gasteiger partial charge in [0.25, 0.3) is 0 Å². The molecule has 0 aliphatic carbocycles. The van der Waals surface area contributed by atoms with Crippen molar-refractivity contribution in [3.05, 3.63) is 12.2 Å². The Morgan fingerprint density at radius 3 is 2.00 bits per heavy atom. The molecule has 0 atom stereocenters. The number of esters is 1. The number of carbonyl (C=O) groups excluding carboxylic acids is 1. The fourth-order valence-electron chi connectivity index (χ4n) is 3.89. The molecule has 0 spiro atoms. The van der Waals surface area contributed by atoms with Crippen LogP contribution in [0.3, 0.4) is 0 Å². The van der Waals surface area contributed by atoms with Crippen LogP contribution in [0.5, 0.6) is 0 Å². The first-order valence-corrected chi connectivity index (χ1v) is 10.4. The molecule has 1 rings (SSSR count). The van der Waals surface area contributed by atoms with Gasteiger partial charge in [-0.1, -0.05) is 72.0 Å². The molecule has 2 nitrogen and oxygen atoms in total. The van der Waals surface area contributed by atoms with Crippen molar-refractivity contribution in [1.82, 2.24) is 0 Å². The molecule has 0 bridgehead atoms. The van der Waals surface area contributed by atoms with Crippen molar-refractivity contribution in [3.63, 3.8) is 0 Å². The molecule has 0 amide bonds. The highest BCUT2D eigenvalue weighted by molar-refractivity contribution is 5.69. The number of ether oxygens (including phenoxy) is 1. The van der Waals surface area contributed by atoms with E-state index in [2.05, 4.69) is 53.7 Å². The number of cyclic esters (lactones) is 1. The topological polar surface area (TPSA) is 26.3 Å². The number of hydrogen-bond donors (Lipinski definition) is 0. The average molecular weight is 351 g/mol. The van der Waals surface area contributed by atoms with Crippen LogP contribution in [0.1, 0.15) is 112 Å². The maximum absolute atomic E-state index is 12.3. The second kappa shape index (κ2) is 9.78. The van der Waals surface area contributed by atoms with Gasteiger partial charge < -0.3 is 4.74 Å². The van der Waals surface area contributed by atoms with Gasteiger partial charge in [0.15, 0.2) is 0 Å². The molecular weight excluding hydrogens is 308 g/mol. The van der Waals surface area contributed by atoms with Gasteiger partial charge in [0.2, 0.25) is 0 Å². The van der Waals surface area contributed by atoms with Crippen molar-refractivity contribution in [3.8, 4) is 0 Å². The van der Waals surface area contributed by atoms with Crippen LogP contribution in [-0.4, -0.2) is 11.6 Å². The van der Waals surface area contributed by atoms with Crippen molar-refractivity contribution >= 4 is 5.97 Å². The summed E-state index contributed by atoms with van der Waals surface area (Å²) in [5, 5.41) is 0. The molecule has 0 saturated heterocycles. The smallest absolute Gasteiger partial charge is 0.306 e. The van der Waals surface area contributed by atoms with Crippen molar-refractivity contribution in [2.75, 3.05) is 0 Å². The van der Waals surface area contributed by atoms with Gasteiger partial charge in [-0.3, -0.25) is 4.79 Å². The lowest BCUT2D eigenvalue weighted by Crippen LogP contribution is -2.45. The first-order valence-electron chi connectivity index (χ1n) is 10.4. The molecule has 146 valence electrons. The first-order chi connectivity index (χ1) is 11.6. The summed E-state index contributed by atoms with van der Waals surface area (Å²) in [5.74, 6) is -0.0307. The van der Waals surface area contributed by atoms with Crippen LogP contribution in [0.4, 0.5) is 0 Å². The molecule has 0 aromatic carbocycles. The predicted octanol–water partition coefficient (Wildman–Crippen LogP) is 7.22. The van der Waals surface area contributed by atoms with Crippen LogP contribution < -0.4 is 0 Å². The Labute approximate surface area is 156 Å². The van der Waals surface area contributed by atoms with Gasteiger partial charge >= 0.3 is 5.97 Å². The highest BCUT2D eigenvalue weighted by Crippen LogP contribution is 2.45. The molecule has 0 aromatic heterocycles. The molecule has 2 heteroatoms. The highest BCUT2D eigenvalue weighted by atomic mass is 16.6. The van der Waals surface area contributed by atoms with Gasteiger partial charge in [-0.2, -0.15) is 0 Å². The van der Waals surface area contributed by atoms with Gasteiger partial charge in [-0.05, 0) is 51.4 Å². The minimum atomic E-state index is -0.448. The normalized spacial score (nSPS) is 26.2. The first kappa shape index (κ1) is 22.3. The fourth-order valence-corrected chi connectivity index (χ4v) is 3.89. The second-order valence-electron chi connectivity index (χ2n) is 9.90. The molecule has 0 fully saturated rings. The predicted molar refractivity (Wildman–Crippen MR) is 108 cm³/mol. The van der Waals surface area contributed by atoms with E-state index in [0.29, 0.717) is 6.42 Å². The maximum Gasteiger partial charge on any atom is 0.306 e. The van der Waals surface area contributed by atoms with E-state index in [0.717, 1.165) is 25.7 Å². The monoisotopic (exact) mass is 350 g/mol. The Balaban J connectivity index is 2.79. The molecule has 0 saturated carbocycles. The number of rotatable bonds is 0. The molecule has 0 unspecified atom stereocenters.